The molecule has 2 aliphatic rings. The number of aliphatic carboxylic acids is 1. The molecule has 1 aliphatic carbocycles. The molecule has 6 nitrogen and oxygen atoms in total. The van der Waals surface area contributed by atoms with Gasteiger partial charge in [-0.05, 0) is 61.0 Å². The van der Waals surface area contributed by atoms with Gasteiger partial charge in [-0.15, -0.1) is 11.3 Å². The van der Waals surface area contributed by atoms with Gasteiger partial charge in [-0.1, -0.05) is 61.2 Å². The number of hydrogen-bond donors (Lipinski definition) is 1. The van der Waals surface area contributed by atoms with Gasteiger partial charge >= 0.3 is 5.97 Å². The van der Waals surface area contributed by atoms with Crippen molar-refractivity contribution < 1.29 is 19.5 Å². The highest BCUT2D eigenvalue weighted by Crippen LogP contribution is 2.58. The van der Waals surface area contributed by atoms with Crippen molar-refractivity contribution in [3.63, 3.8) is 0 Å². The topological polar surface area (TPSA) is 98.5 Å². The lowest BCUT2D eigenvalue weighted by molar-refractivity contribution is -0.160. The van der Waals surface area contributed by atoms with E-state index in [9.17, 15) is 24.8 Å². The summed E-state index contributed by atoms with van der Waals surface area (Å²) in [4.78, 5) is 44.3. The largest absolute Gasteiger partial charge is 0.479 e. The number of Topliss-reactive ketones (excluding diaryl/α,β-unsaturated/α-hetero) is 1. The Balaban J connectivity index is 1.76. The second-order valence-corrected chi connectivity index (χ2v) is 12.0. The monoisotopic (exact) mass is 560 g/mol. The first kappa shape index (κ1) is 27.1. The number of nitrogens with zero attached hydrogens (tertiary/aromatic N) is 2. The zero-order valence-corrected chi connectivity index (χ0v) is 23.1. The van der Waals surface area contributed by atoms with Crippen LogP contribution in [0.4, 0.5) is 0 Å². The highest BCUT2D eigenvalue weighted by Gasteiger charge is 2.65. The van der Waals surface area contributed by atoms with Crippen molar-refractivity contribution in [3.05, 3.63) is 92.6 Å². The van der Waals surface area contributed by atoms with E-state index in [-0.39, 0.29) is 17.6 Å². The van der Waals surface area contributed by atoms with Gasteiger partial charge in [0.15, 0.2) is 5.78 Å². The predicted molar refractivity (Wildman–Crippen MR) is 150 cm³/mol. The third-order valence-corrected chi connectivity index (χ3v) is 9.54. The summed E-state index contributed by atoms with van der Waals surface area (Å²) in [5, 5.41) is 22.5. The number of carboxylic acids is 1. The molecule has 1 N–H and O–H groups in total. The number of carbonyl (C=O) groups is 3. The molecule has 1 saturated heterocycles. The molecule has 8 heteroatoms. The zero-order chi connectivity index (χ0) is 27.7. The molecular weight excluding hydrogens is 532 g/mol. The number of likely N-dealkylation sites (tertiary alicyclic amines) is 1. The van der Waals surface area contributed by atoms with Gasteiger partial charge < -0.3 is 10.0 Å². The quantitative estimate of drug-likeness (QED) is 0.332. The Morgan fingerprint density at radius 3 is 2.36 bits per heavy atom. The Kier molecular flexibility index (Phi) is 7.61. The molecule has 0 spiro atoms. The average molecular weight is 561 g/mol. The molecule has 1 aliphatic heterocycles. The van der Waals surface area contributed by atoms with Gasteiger partial charge in [0.25, 0.3) is 0 Å². The van der Waals surface area contributed by atoms with Crippen molar-refractivity contribution in [3.8, 4) is 6.07 Å². The standard InChI is InChI=1S/C31H29ClN2O4S/c1-31(30(37)38)26(24-11-6-16-39-24)25(28(35)22-9-5-10-23(32)17-22)27(20-14-12-19(18-33)13-15-20)34(31)29(36)21-7-3-2-4-8-21/h5-6,9-17,21,25-27H,2-4,7-8H2,1H3,(H,37,38). The molecule has 1 aromatic heterocycles. The maximum atomic E-state index is 14.4. The summed E-state index contributed by atoms with van der Waals surface area (Å²) in [7, 11) is 0. The van der Waals surface area contributed by atoms with Crippen LogP contribution in [0.3, 0.4) is 0 Å². The summed E-state index contributed by atoms with van der Waals surface area (Å²) >= 11 is 7.66. The molecule has 39 heavy (non-hydrogen) atoms. The molecule has 4 unspecified atom stereocenters. The first-order valence-corrected chi connectivity index (χ1v) is 14.4. The van der Waals surface area contributed by atoms with Gasteiger partial charge in [0.2, 0.25) is 5.91 Å². The summed E-state index contributed by atoms with van der Waals surface area (Å²) in [5.41, 5.74) is -0.246. The maximum Gasteiger partial charge on any atom is 0.330 e. The molecule has 0 bridgehead atoms. The molecule has 0 radical (unpaired) electrons. The fraction of sp³-hybridized carbons (Fsp3) is 0.355. The summed E-state index contributed by atoms with van der Waals surface area (Å²) in [5.74, 6) is -3.63. The Bertz CT molecular complexity index is 1430. The first-order valence-electron chi connectivity index (χ1n) is 13.2. The minimum atomic E-state index is -1.68. The van der Waals surface area contributed by atoms with Crippen LogP contribution in [0, 0.1) is 23.2 Å². The Hall–Kier alpha value is -3.47. The number of benzene rings is 2. The number of carbonyl (C=O) groups excluding carboxylic acids is 2. The smallest absolute Gasteiger partial charge is 0.330 e. The lowest BCUT2D eigenvalue weighted by Gasteiger charge is -2.40. The third-order valence-electron chi connectivity index (χ3n) is 8.35. The van der Waals surface area contributed by atoms with Crippen molar-refractivity contribution >= 4 is 40.6 Å². The maximum absolute atomic E-state index is 14.4. The number of halogens is 1. The summed E-state index contributed by atoms with van der Waals surface area (Å²) in [6, 6.07) is 18.4. The van der Waals surface area contributed by atoms with Crippen LogP contribution in [-0.2, 0) is 9.59 Å². The van der Waals surface area contributed by atoms with E-state index in [1.165, 1.54) is 16.2 Å². The number of ketones is 1. The molecule has 2 fully saturated rings. The van der Waals surface area contributed by atoms with Crippen molar-refractivity contribution in [2.45, 2.75) is 56.5 Å². The number of thiophene rings is 1. The summed E-state index contributed by atoms with van der Waals surface area (Å²) in [6.07, 6.45) is 4.26. The van der Waals surface area contributed by atoms with Crippen molar-refractivity contribution in [2.75, 3.05) is 0 Å². The van der Waals surface area contributed by atoms with Crippen molar-refractivity contribution in [1.29, 1.82) is 5.26 Å². The van der Waals surface area contributed by atoms with Crippen LogP contribution >= 0.6 is 22.9 Å². The van der Waals surface area contributed by atoms with Crippen molar-refractivity contribution in [2.24, 2.45) is 11.8 Å². The normalized spacial score (nSPS) is 25.3. The Labute approximate surface area is 236 Å². The predicted octanol–water partition coefficient (Wildman–Crippen LogP) is 6.86. The summed E-state index contributed by atoms with van der Waals surface area (Å²) < 4.78 is 0. The SMILES string of the molecule is CC1(C(=O)O)C(c2cccs2)C(C(=O)c2cccc(Cl)c2)C(c2ccc(C#N)cc2)N1C(=O)C1CCCCC1. The second-order valence-electron chi connectivity index (χ2n) is 10.6. The van der Waals surface area contributed by atoms with E-state index in [4.69, 9.17) is 11.6 Å². The molecular formula is C31H29ClN2O4S. The van der Waals surface area contributed by atoms with Gasteiger partial charge in [0.05, 0.1) is 23.6 Å². The van der Waals surface area contributed by atoms with Gasteiger partial charge in [0.1, 0.15) is 5.54 Å². The van der Waals surface area contributed by atoms with Crippen molar-refractivity contribution in [1.82, 2.24) is 4.90 Å². The molecule has 1 saturated carbocycles. The molecule has 200 valence electrons. The number of amides is 1. The molecule has 5 rings (SSSR count). The summed E-state index contributed by atoms with van der Waals surface area (Å²) in [6.45, 7) is 1.59. The minimum absolute atomic E-state index is 0.225. The molecule has 3 aromatic rings. The van der Waals surface area contributed by atoms with Crippen LogP contribution in [0.2, 0.25) is 5.02 Å². The van der Waals surface area contributed by atoms with Gasteiger partial charge in [-0.3, -0.25) is 9.59 Å². The molecule has 2 heterocycles. The van der Waals surface area contributed by atoms with Gasteiger partial charge in [-0.2, -0.15) is 5.26 Å². The van der Waals surface area contributed by atoms with E-state index in [1.807, 2.05) is 17.5 Å². The first-order chi connectivity index (χ1) is 18.8. The van der Waals surface area contributed by atoms with E-state index < -0.39 is 29.4 Å². The molecule has 1 amide bonds. The zero-order valence-electron chi connectivity index (χ0n) is 21.5. The fourth-order valence-electron chi connectivity index (χ4n) is 6.44. The number of rotatable bonds is 6. The van der Waals surface area contributed by atoms with E-state index >= 15 is 0 Å². The fourth-order valence-corrected chi connectivity index (χ4v) is 7.63. The van der Waals surface area contributed by atoms with Gasteiger partial charge in [-0.25, -0.2) is 4.79 Å². The Morgan fingerprint density at radius 1 is 1.05 bits per heavy atom. The average Bonchev–Trinajstić information content (AvgIpc) is 3.57. The highest BCUT2D eigenvalue weighted by atomic mass is 35.5. The molecule has 2 aromatic carbocycles. The van der Waals surface area contributed by atoms with Crippen LogP contribution in [-0.4, -0.2) is 33.2 Å². The van der Waals surface area contributed by atoms with E-state index in [2.05, 4.69) is 6.07 Å². The number of nitriles is 1. The van der Waals surface area contributed by atoms with Crippen LogP contribution in [0.15, 0.2) is 66.0 Å². The number of carboxylic acid groups (broad SMARTS) is 1. The van der Waals surface area contributed by atoms with E-state index in [1.54, 1.807) is 55.5 Å². The van der Waals surface area contributed by atoms with Crippen LogP contribution in [0.25, 0.3) is 0 Å². The van der Waals surface area contributed by atoms with Crippen LogP contribution in [0.1, 0.15) is 77.3 Å². The third kappa shape index (κ3) is 4.77. The lowest BCUT2D eigenvalue weighted by atomic mass is 9.74. The van der Waals surface area contributed by atoms with E-state index in [0.717, 1.165) is 24.1 Å². The van der Waals surface area contributed by atoms with Crippen LogP contribution in [0.5, 0.6) is 0 Å². The minimum Gasteiger partial charge on any atom is -0.479 e. The number of hydrogen-bond acceptors (Lipinski definition) is 5. The second kappa shape index (κ2) is 11.0. The highest BCUT2D eigenvalue weighted by molar-refractivity contribution is 7.10. The van der Waals surface area contributed by atoms with E-state index in [0.29, 0.717) is 34.6 Å². The molecule has 4 atom stereocenters. The van der Waals surface area contributed by atoms with Crippen LogP contribution < -0.4 is 0 Å². The lowest BCUT2D eigenvalue weighted by Crippen LogP contribution is -2.55. The Morgan fingerprint density at radius 2 is 1.77 bits per heavy atom. The van der Waals surface area contributed by atoms with Gasteiger partial charge in [0, 0.05) is 27.3 Å².